The molecule has 186 valence electrons. The third-order valence-electron chi connectivity index (χ3n) is 6.52. The van der Waals surface area contributed by atoms with Crippen LogP contribution in [0.2, 0.25) is 0 Å². The van der Waals surface area contributed by atoms with Gasteiger partial charge in [0.2, 0.25) is 0 Å². The van der Waals surface area contributed by atoms with E-state index < -0.39 is 26.8 Å². The molecule has 2 N–H and O–H groups in total. The number of aryl methyl sites for hydroxylation is 1. The first kappa shape index (κ1) is 25.1. The van der Waals surface area contributed by atoms with E-state index in [0.717, 1.165) is 55.7 Å². The van der Waals surface area contributed by atoms with Gasteiger partial charge >= 0.3 is 5.69 Å². The molecule has 0 atom stereocenters. The summed E-state index contributed by atoms with van der Waals surface area (Å²) < 4.78 is 33.3. The summed E-state index contributed by atoms with van der Waals surface area (Å²) in [4.78, 5) is 27.3. The number of nitrogens with zero attached hydrogens (tertiary/aromatic N) is 4. The number of nitrogens with one attached hydrogen (secondary N) is 2. The van der Waals surface area contributed by atoms with Crippen LogP contribution < -0.4 is 21.3 Å². The molecular weight excluding hydrogens is 500 g/mol. The zero-order valence-corrected chi connectivity index (χ0v) is 21.6. The molecule has 0 amide bonds. The molecule has 10 nitrogen and oxygen atoms in total. The average molecular weight is 529 g/mol. The molecule has 13 heteroatoms. The van der Waals surface area contributed by atoms with Crippen LogP contribution in [0.25, 0.3) is 10.2 Å². The van der Waals surface area contributed by atoms with Gasteiger partial charge in [0.05, 0.1) is 18.1 Å². The lowest BCUT2D eigenvalue weighted by Gasteiger charge is -2.24. The molecule has 0 spiro atoms. The van der Waals surface area contributed by atoms with Crippen LogP contribution in [-0.2, 0) is 30.2 Å². The van der Waals surface area contributed by atoms with Crippen molar-refractivity contribution in [3.8, 4) is 0 Å². The first-order valence-electron chi connectivity index (χ1n) is 11.1. The molecule has 3 aromatic rings. The Kier molecular flexibility index (Phi) is 6.82. The van der Waals surface area contributed by atoms with Gasteiger partial charge in [-0.3, -0.25) is 18.6 Å². The Morgan fingerprint density at radius 3 is 2.56 bits per heavy atom. The Bertz CT molecular complexity index is 1430. The number of thiophene rings is 1. The molecule has 1 saturated carbocycles. The van der Waals surface area contributed by atoms with E-state index >= 15 is 0 Å². The summed E-state index contributed by atoms with van der Waals surface area (Å²) in [5.41, 5.74) is -0.584. The highest BCUT2D eigenvalue weighted by molar-refractivity contribution is 7.91. The Morgan fingerprint density at radius 1 is 1.24 bits per heavy atom. The van der Waals surface area contributed by atoms with Gasteiger partial charge in [-0.25, -0.2) is 17.9 Å². The topological polar surface area (TPSA) is 120 Å². The highest BCUT2D eigenvalue weighted by atomic mass is 35.5. The fourth-order valence-corrected chi connectivity index (χ4v) is 7.25. The molecule has 34 heavy (non-hydrogen) atoms. The molecule has 0 bridgehead atoms. The van der Waals surface area contributed by atoms with Gasteiger partial charge in [-0.1, -0.05) is 0 Å². The van der Waals surface area contributed by atoms with Gasteiger partial charge in [0.1, 0.15) is 9.04 Å². The van der Waals surface area contributed by atoms with Crippen molar-refractivity contribution in [3.05, 3.63) is 44.9 Å². The van der Waals surface area contributed by atoms with Crippen molar-refractivity contribution in [2.24, 2.45) is 13.0 Å². The van der Waals surface area contributed by atoms with Crippen LogP contribution in [0.5, 0.6) is 0 Å². The predicted octanol–water partition coefficient (Wildman–Crippen LogP) is 1.26. The smallest absolute Gasteiger partial charge is 0.317 e. The Morgan fingerprint density at radius 2 is 1.94 bits per heavy atom. The van der Waals surface area contributed by atoms with E-state index in [1.165, 1.54) is 10.6 Å². The zero-order valence-electron chi connectivity index (χ0n) is 19.1. The van der Waals surface area contributed by atoms with Crippen molar-refractivity contribution in [1.29, 1.82) is 0 Å². The van der Waals surface area contributed by atoms with Crippen molar-refractivity contribution in [2.45, 2.75) is 55.4 Å². The summed E-state index contributed by atoms with van der Waals surface area (Å²) in [5, 5.41) is 7.71. The maximum absolute atomic E-state index is 13.5. The minimum Gasteiger partial charge on any atom is -0.317 e. The number of halogens is 1. The van der Waals surface area contributed by atoms with E-state index in [9.17, 15) is 18.0 Å². The number of aromatic nitrogens is 4. The third kappa shape index (κ3) is 4.87. The van der Waals surface area contributed by atoms with Crippen molar-refractivity contribution in [2.75, 3.05) is 13.1 Å². The third-order valence-corrected chi connectivity index (χ3v) is 9.79. The molecule has 0 unspecified atom stereocenters. The van der Waals surface area contributed by atoms with Gasteiger partial charge in [-0.05, 0) is 57.7 Å². The fraction of sp³-hybridized carbons (Fsp3) is 0.571. The Hall–Kier alpha value is -1.99. The number of sulfonamides is 1. The quantitative estimate of drug-likeness (QED) is 0.476. The van der Waals surface area contributed by atoms with Crippen LogP contribution in [0, 0.1) is 5.92 Å². The molecule has 0 radical (unpaired) electrons. The molecular formula is C21H29ClN6O4S2. The van der Waals surface area contributed by atoms with Crippen molar-refractivity contribution in [1.82, 2.24) is 29.0 Å². The first-order chi connectivity index (χ1) is 15.7. The summed E-state index contributed by atoms with van der Waals surface area (Å²) in [6, 6.07) is 1.43. The highest BCUT2D eigenvalue weighted by Gasteiger charge is 2.42. The molecule has 1 aliphatic carbocycles. The van der Waals surface area contributed by atoms with Gasteiger partial charge in [-0.15, -0.1) is 23.7 Å². The van der Waals surface area contributed by atoms with Crippen LogP contribution >= 0.6 is 23.7 Å². The molecule has 1 saturated heterocycles. The average Bonchev–Trinajstić information content (AvgIpc) is 3.15. The maximum Gasteiger partial charge on any atom is 0.332 e. The number of hydrogen-bond donors (Lipinski definition) is 2. The van der Waals surface area contributed by atoms with E-state index in [2.05, 4.69) is 15.1 Å². The van der Waals surface area contributed by atoms with E-state index in [-0.39, 0.29) is 34.5 Å². The Balaban J connectivity index is 0.00000274. The fourth-order valence-electron chi connectivity index (χ4n) is 4.33. The number of hydrogen-bond acceptors (Lipinski definition) is 7. The maximum atomic E-state index is 13.5. The minimum atomic E-state index is -3.78. The second-order valence-electron chi connectivity index (χ2n) is 9.45. The van der Waals surface area contributed by atoms with Gasteiger partial charge in [0, 0.05) is 30.9 Å². The SMILES string of the molecule is Cl.Cn1cc(Cn2c(=O)c3cc(S(=O)(=O)NC4(C)CC4)sc3n(CC3CCNCC3)c2=O)cn1. The molecule has 3 aromatic heterocycles. The lowest BCUT2D eigenvalue weighted by atomic mass is 9.98. The first-order valence-corrected chi connectivity index (χ1v) is 13.4. The zero-order chi connectivity index (χ0) is 23.4. The standard InChI is InChI=1S/C21H28N6O4S2.ClH/c1-21(5-6-21)24-33(30,31)17-9-16-18(28)26(13-15-10-23-25(2)11-15)20(29)27(19(16)32-17)12-14-3-7-22-8-4-14;/h9-11,14,22,24H,3-8,12-13H2,1-2H3;1H. The summed E-state index contributed by atoms with van der Waals surface area (Å²) in [7, 11) is -2.01. The molecule has 2 aliphatic rings. The second kappa shape index (κ2) is 9.23. The van der Waals surface area contributed by atoms with Crippen LogP contribution in [0.3, 0.4) is 0 Å². The number of piperidine rings is 1. The lowest BCUT2D eigenvalue weighted by Crippen LogP contribution is -2.41. The van der Waals surface area contributed by atoms with Crippen LogP contribution in [0.4, 0.5) is 0 Å². The van der Waals surface area contributed by atoms with Gasteiger partial charge in [0.15, 0.2) is 0 Å². The van der Waals surface area contributed by atoms with E-state index in [1.54, 1.807) is 28.7 Å². The molecule has 4 heterocycles. The lowest BCUT2D eigenvalue weighted by molar-refractivity contribution is 0.330. The number of rotatable bonds is 7. The molecule has 0 aromatic carbocycles. The van der Waals surface area contributed by atoms with Gasteiger partial charge < -0.3 is 5.32 Å². The normalized spacial score (nSPS) is 18.2. The molecule has 5 rings (SSSR count). The van der Waals surface area contributed by atoms with Gasteiger partial charge in [0.25, 0.3) is 15.6 Å². The van der Waals surface area contributed by atoms with Crippen molar-refractivity contribution < 1.29 is 8.42 Å². The summed E-state index contributed by atoms with van der Waals surface area (Å²) in [6.07, 6.45) is 6.80. The summed E-state index contributed by atoms with van der Waals surface area (Å²) >= 11 is 1.00. The van der Waals surface area contributed by atoms with Crippen molar-refractivity contribution >= 4 is 44.0 Å². The van der Waals surface area contributed by atoms with E-state index in [4.69, 9.17) is 0 Å². The monoisotopic (exact) mass is 528 g/mol. The summed E-state index contributed by atoms with van der Waals surface area (Å²) in [5.74, 6) is 0.280. The van der Waals surface area contributed by atoms with E-state index in [1.807, 2.05) is 6.92 Å². The highest BCUT2D eigenvalue weighted by Crippen LogP contribution is 2.37. The Labute approximate surface area is 207 Å². The molecule has 1 aliphatic heterocycles. The van der Waals surface area contributed by atoms with Crippen molar-refractivity contribution in [3.63, 3.8) is 0 Å². The minimum absolute atomic E-state index is 0. The van der Waals surface area contributed by atoms with Crippen LogP contribution in [0.1, 0.15) is 38.2 Å². The number of fused-ring (bicyclic) bond motifs is 1. The summed E-state index contributed by atoms with van der Waals surface area (Å²) in [6.45, 7) is 4.16. The molecule has 2 fully saturated rings. The van der Waals surface area contributed by atoms with Gasteiger partial charge in [-0.2, -0.15) is 5.10 Å². The largest absolute Gasteiger partial charge is 0.332 e. The second-order valence-corrected chi connectivity index (χ2v) is 12.4. The van der Waals surface area contributed by atoms with Crippen LogP contribution in [-0.4, -0.2) is 46.0 Å². The van der Waals surface area contributed by atoms with Crippen LogP contribution in [0.15, 0.2) is 32.3 Å². The predicted molar refractivity (Wildman–Crippen MR) is 133 cm³/mol. The van der Waals surface area contributed by atoms with E-state index in [0.29, 0.717) is 11.4 Å².